The third kappa shape index (κ3) is 4.14. The Labute approximate surface area is 111 Å². The topological polar surface area (TPSA) is 130 Å². The Bertz CT molecular complexity index is 476. The van der Waals surface area contributed by atoms with Gasteiger partial charge in [0.15, 0.2) is 0 Å². The van der Waals surface area contributed by atoms with Gasteiger partial charge in [0.1, 0.15) is 6.10 Å². The fraction of sp³-hybridized carbons (Fsp3) is 0.333. The van der Waals surface area contributed by atoms with E-state index in [1.807, 2.05) is 6.92 Å². The van der Waals surface area contributed by atoms with E-state index in [0.717, 1.165) is 0 Å². The smallest absolute Gasteiger partial charge is 0.251 e. The van der Waals surface area contributed by atoms with Gasteiger partial charge in [-0.25, -0.2) is 0 Å². The molecule has 2 amide bonds. The highest BCUT2D eigenvalue weighted by molar-refractivity contribution is 5.96. The number of amides is 2. The lowest BCUT2D eigenvalue weighted by Crippen LogP contribution is -2.34. The maximum atomic E-state index is 11.6. The molecule has 1 unspecified atom stereocenters. The number of primary amides is 1. The summed E-state index contributed by atoms with van der Waals surface area (Å²) in [6.45, 7) is 2.31. The number of hydrogen-bond donors (Lipinski definition) is 5. The Hall–Kier alpha value is -2.28. The molecule has 1 atom stereocenters. The van der Waals surface area contributed by atoms with Gasteiger partial charge in [-0.1, -0.05) is 0 Å². The van der Waals surface area contributed by atoms with Crippen molar-refractivity contribution >= 4 is 23.2 Å². The lowest BCUT2D eigenvalue weighted by molar-refractivity contribution is -0.125. The van der Waals surface area contributed by atoms with E-state index in [1.54, 1.807) is 12.1 Å². The van der Waals surface area contributed by atoms with E-state index in [-0.39, 0.29) is 12.5 Å². The summed E-state index contributed by atoms with van der Waals surface area (Å²) in [5.74, 6) is -1.03. The summed E-state index contributed by atoms with van der Waals surface area (Å²) in [6, 6.07) is 4.72. The van der Waals surface area contributed by atoms with Gasteiger partial charge < -0.3 is 27.2 Å². The average molecular weight is 266 g/mol. The minimum Gasteiger partial charge on any atom is -0.397 e. The zero-order valence-corrected chi connectivity index (χ0v) is 10.6. The van der Waals surface area contributed by atoms with Crippen LogP contribution in [0.5, 0.6) is 0 Å². The van der Waals surface area contributed by atoms with Gasteiger partial charge >= 0.3 is 0 Å². The summed E-state index contributed by atoms with van der Waals surface area (Å²) in [5.41, 5.74) is 12.0. The Kier molecular flexibility index (Phi) is 5.13. The highest BCUT2D eigenvalue weighted by Crippen LogP contribution is 2.19. The highest BCUT2D eigenvalue weighted by atomic mass is 16.3. The van der Waals surface area contributed by atoms with E-state index in [9.17, 15) is 14.7 Å². The van der Waals surface area contributed by atoms with Crippen molar-refractivity contribution in [3.8, 4) is 0 Å². The van der Waals surface area contributed by atoms with Crippen molar-refractivity contribution in [1.29, 1.82) is 0 Å². The molecule has 7 N–H and O–H groups in total. The molecule has 1 aromatic carbocycles. The molecule has 7 heteroatoms. The number of carbonyl (C=O) groups is 2. The lowest BCUT2D eigenvalue weighted by atomic mass is 10.1. The van der Waals surface area contributed by atoms with Crippen LogP contribution >= 0.6 is 0 Å². The van der Waals surface area contributed by atoms with E-state index in [1.165, 1.54) is 6.07 Å². The maximum absolute atomic E-state index is 11.6. The van der Waals surface area contributed by atoms with E-state index in [0.29, 0.717) is 23.5 Å². The second-order valence-electron chi connectivity index (χ2n) is 3.96. The van der Waals surface area contributed by atoms with Crippen molar-refractivity contribution in [3.63, 3.8) is 0 Å². The van der Waals surface area contributed by atoms with Crippen molar-refractivity contribution in [2.24, 2.45) is 5.73 Å². The average Bonchev–Trinajstić information content (AvgIpc) is 2.36. The first kappa shape index (κ1) is 14.8. The molecule has 0 aliphatic carbocycles. The van der Waals surface area contributed by atoms with Crippen LogP contribution in [0.4, 0.5) is 11.4 Å². The van der Waals surface area contributed by atoms with Crippen LogP contribution in [0.2, 0.25) is 0 Å². The summed E-state index contributed by atoms with van der Waals surface area (Å²) in [4.78, 5) is 22.2. The standard InChI is InChI=1S/C12H18N4O3/c1-2-15-12(19)7-3-4-9(8(13)5-7)16-6-10(17)11(14)18/h3-5,10,16-17H,2,6,13H2,1H3,(H2,14,18)(H,15,19). The Morgan fingerprint density at radius 2 is 2.11 bits per heavy atom. The van der Waals surface area contributed by atoms with Crippen LogP contribution in [0.1, 0.15) is 17.3 Å². The van der Waals surface area contributed by atoms with Crippen LogP contribution in [0.15, 0.2) is 18.2 Å². The predicted molar refractivity (Wildman–Crippen MR) is 72.6 cm³/mol. The van der Waals surface area contributed by atoms with Gasteiger partial charge in [0.25, 0.3) is 5.91 Å². The second kappa shape index (κ2) is 6.60. The fourth-order valence-corrected chi connectivity index (χ4v) is 1.43. The molecule has 19 heavy (non-hydrogen) atoms. The Morgan fingerprint density at radius 3 is 2.63 bits per heavy atom. The first-order chi connectivity index (χ1) is 8.95. The van der Waals surface area contributed by atoms with Gasteiger partial charge in [0.2, 0.25) is 5.91 Å². The molecular formula is C12H18N4O3. The number of aliphatic hydroxyl groups excluding tert-OH is 1. The van der Waals surface area contributed by atoms with Crippen molar-refractivity contribution in [2.75, 3.05) is 24.1 Å². The molecule has 0 heterocycles. The van der Waals surface area contributed by atoms with E-state index in [4.69, 9.17) is 11.5 Å². The summed E-state index contributed by atoms with van der Waals surface area (Å²) >= 11 is 0. The van der Waals surface area contributed by atoms with Gasteiger partial charge in [-0.3, -0.25) is 9.59 Å². The summed E-state index contributed by atoms with van der Waals surface area (Å²) in [5, 5.41) is 14.7. The fourth-order valence-electron chi connectivity index (χ4n) is 1.43. The van der Waals surface area contributed by atoms with Crippen molar-refractivity contribution in [2.45, 2.75) is 13.0 Å². The molecule has 7 nitrogen and oxygen atoms in total. The van der Waals surface area contributed by atoms with Gasteiger partial charge in [-0.15, -0.1) is 0 Å². The molecule has 0 aromatic heterocycles. The van der Waals surface area contributed by atoms with Crippen LogP contribution in [0.3, 0.4) is 0 Å². The molecule has 0 fully saturated rings. The predicted octanol–water partition coefficient (Wildman–Crippen LogP) is -0.723. The third-order valence-corrected chi connectivity index (χ3v) is 2.47. The first-order valence-electron chi connectivity index (χ1n) is 5.84. The molecule has 0 aliphatic rings. The van der Waals surface area contributed by atoms with Crippen LogP contribution < -0.4 is 22.1 Å². The molecule has 0 bridgehead atoms. The van der Waals surface area contributed by atoms with E-state index < -0.39 is 12.0 Å². The molecule has 1 aromatic rings. The van der Waals surface area contributed by atoms with Crippen LogP contribution in [0.25, 0.3) is 0 Å². The third-order valence-electron chi connectivity index (χ3n) is 2.47. The first-order valence-corrected chi connectivity index (χ1v) is 5.84. The molecule has 104 valence electrons. The number of benzene rings is 1. The van der Waals surface area contributed by atoms with Gasteiger partial charge in [0, 0.05) is 18.7 Å². The van der Waals surface area contributed by atoms with Crippen molar-refractivity contribution in [1.82, 2.24) is 5.32 Å². The molecule has 0 saturated heterocycles. The highest BCUT2D eigenvalue weighted by Gasteiger charge is 2.12. The Morgan fingerprint density at radius 1 is 1.42 bits per heavy atom. The largest absolute Gasteiger partial charge is 0.397 e. The molecular weight excluding hydrogens is 248 g/mol. The zero-order chi connectivity index (χ0) is 14.4. The SMILES string of the molecule is CCNC(=O)c1ccc(NCC(O)C(N)=O)c(N)c1. The van der Waals surface area contributed by atoms with Gasteiger partial charge in [-0.2, -0.15) is 0 Å². The monoisotopic (exact) mass is 266 g/mol. The quantitative estimate of drug-likeness (QED) is 0.434. The van der Waals surface area contributed by atoms with E-state index >= 15 is 0 Å². The normalized spacial score (nSPS) is 11.7. The summed E-state index contributed by atoms with van der Waals surface area (Å²) in [7, 11) is 0. The molecule has 0 spiro atoms. The Balaban J connectivity index is 2.72. The molecule has 1 rings (SSSR count). The van der Waals surface area contributed by atoms with Crippen LogP contribution in [-0.4, -0.2) is 36.1 Å². The molecule has 0 radical (unpaired) electrons. The maximum Gasteiger partial charge on any atom is 0.251 e. The van der Waals surface area contributed by atoms with Gasteiger partial charge in [0.05, 0.1) is 11.4 Å². The number of rotatable bonds is 6. The number of nitrogens with one attached hydrogen (secondary N) is 2. The summed E-state index contributed by atoms with van der Waals surface area (Å²) in [6.07, 6.45) is -1.29. The van der Waals surface area contributed by atoms with Crippen molar-refractivity contribution in [3.05, 3.63) is 23.8 Å². The second-order valence-corrected chi connectivity index (χ2v) is 3.96. The number of carbonyl (C=O) groups excluding carboxylic acids is 2. The zero-order valence-electron chi connectivity index (χ0n) is 10.6. The number of hydrogen-bond acceptors (Lipinski definition) is 5. The van der Waals surface area contributed by atoms with E-state index in [2.05, 4.69) is 10.6 Å². The summed E-state index contributed by atoms with van der Waals surface area (Å²) < 4.78 is 0. The van der Waals surface area contributed by atoms with Crippen molar-refractivity contribution < 1.29 is 14.7 Å². The number of anilines is 2. The van der Waals surface area contributed by atoms with Gasteiger partial charge in [-0.05, 0) is 25.1 Å². The number of nitrogen functional groups attached to an aromatic ring is 1. The number of nitrogens with two attached hydrogens (primary N) is 2. The van der Waals surface area contributed by atoms with Crippen LogP contribution in [0, 0.1) is 0 Å². The number of aliphatic hydroxyl groups is 1. The molecule has 0 saturated carbocycles. The minimum absolute atomic E-state index is 0.0416. The minimum atomic E-state index is -1.29. The van der Waals surface area contributed by atoms with Crippen LogP contribution in [-0.2, 0) is 4.79 Å². The lowest BCUT2D eigenvalue weighted by Gasteiger charge is -2.12. The molecule has 0 aliphatic heterocycles.